The van der Waals surface area contributed by atoms with Crippen LogP contribution in [-0.2, 0) is 14.3 Å². The van der Waals surface area contributed by atoms with Crippen molar-refractivity contribution in [1.29, 1.82) is 0 Å². The van der Waals surface area contributed by atoms with E-state index in [9.17, 15) is 4.79 Å². The SMILES string of the molecule is COC(=O)[C@@H](OC(C)(C)C)c1c(C)nc2[nH]c(C)c(C)c2c1-c1ccc(Cl)cc1. The Hall–Kier alpha value is -2.37. The lowest BCUT2D eigenvalue weighted by molar-refractivity contribution is -0.164. The summed E-state index contributed by atoms with van der Waals surface area (Å²) in [4.78, 5) is 20.9. The van der Waals surface area contributed by atoms with E-state index in [0.717, 1.165) is 33.4 Å². The third-order valence-electron chi connectivity index (χ3n) is 4.95. The van der Waals surface area contributed by atoms with Crippen molar-refractivity contribution < 1.29 is 14.3 Å². The highest BCUT2D eigenvalue weighted by molar-refractivity contribution is 6.30. The number of ether oxygens (including phenoxy) is 2. The zero-order chi connectivity index (χ0) is 21.5. The Morgan fingerprint density at radius 2 is 1.76 bits per heavy atom. The highest BCUT2D eigenvalue weighted by Crippen LogP contribution is 2.41. The van der Waals surface area contributed by atoms with Crippen LogP contribution in [0.15, 0.2) is 24.3 Å². The molecule has 0 amide bonds. The minimum absolute atomic E-state index is 0.454. The predicted octanol–water partition coefficient (Wildman–Crippen LogP) is 5.84. The van der Waals surface area contributed by atoms with Crippen LogP contribution < -0.4 is 0 Å². The first-order chi connectivity index (χ1) is 13.5. The Morgan fingerprint density at radius 3 is 2.31 bits per heavy atom. The number of nitrogens with zero attached hydrogens (tertiary/aromatic N) is 1. The molecule has 0 saturated carbocycles. The van der Waals surface area contributed by atoms with E-state index < -0.39 is 17.7 Å². The fraction of sp³-hybridized carbons (Fsp3) is 0.391. The molecule has 0 spiro atoms. The van der Waals surface area contributed by atoms with Gasteiger partial charge in [0.15, 0.2) is 6.10 Å². The number of rotatable bonds is 4. The second kappa shape index (κ2) is 7.81. The van der Waals surface area contributed by atoms with Crippen molar-refractivity contribution in [2.75, 3.05) is 7.11 Å². The van der Waals surface area contributed by atoms with Gasteiger partial charge in [-0.3, -0.25) is 0 Å². The summed E-state index contributed by atoms with van der Waals surface area (Å²) in [5.74, 6) is -0.454. The van der Waals surface area contributed by atoms with Crippen LogP contribution in [0, 0.1) is 20.8 Å². The van der Waals surface area contributed by atoms with Crippen molar-refractivity contribution in [2.45, 2.75) is 53.2 Å². The molecule has 0 unspecified atom stereocenters. The Labute approximate surface area is 176 Å². The summed E-state index contributed by atoms with van der Waals surface area (Å²) < 4.78 is 11.3. The van der Waals surface area contributed by atoms with Crippen molar-refractivity contribution in [3.63, 3.8) is 0 Å². The van der Waals surface area contributed by atoms with Gasteiger partial charge in [-0.25, -0.2) is 9.78 Å². The normalized spacial score (nSPS) is 13.0. The zero-order valence-electron chi connectivity index (χ0n) is 17.9. The lowest BCUT2D eigenvalue weighted by Gasteiger charge is -2.28. The molecule has 0 radical (unpaired) electrons. The highest BCUT2D eigenvalue weighted by atomic mass is 35.5. The van der Waals surface area contributed by atoms with Crippen LogP contribution >= 0.6 is 11.6 Å². The van der Waals surface area contributed by atoms with Crippen molar-refractivity contribution in [1.82, 2.24) is 9.97 Å². The number of esters is 1. The minimum atomic E-state index is -0.905. The molecule has 154 valence electrons. The van der Waals surface area contributed by atoms with Gasteiger partial charge in [-0.15, -0.1) is 0 Å². The third-order valence-corrected chi connectivity index (χ3v) is 5.20. The van der Waals surface area contributed by atoms with E-state index in [1.54, 1.807) is 0 Å². The van der Waals surface area contributed by atoms with E-state index in [2.05, 4.69) is 4.98 Å². The number of fused-ring (bicyclic) bond motifs is 1. The maximum absolute atomic E-state index is 12.8. The molecule has 0 fully saturated rings. The number of nitrogens with one attached hydrogen (secondary N) is 1. The van der Waals surface area contributed by atoms with Gasteiger partial charge in [-0.05, 0) is 64.8 Å². The van der Waals surface area contributed by atoms with Gasteiger partial charge < -0.3 is 14.5 Å². The maximum atomic E-state index is 12.8. The van der Waals surface area contributed by atoms with Gasteiger partial charge in [-0.2, -0.15) is 0 Å². The Balaban J connectivity index is 2.42. The first kappa shape index (κ1) is 21.3. The standard InChI is InChI=1S/C23H27ClN2O3/c1-12-13(2)25-21-17(12)19(15-8-10-16(24)11-9-15)18(14(3)26-21)20(22(27)28-7)29-23(4,5)6/h8-11,20H,1-7H3,(H,25,26)/t20-/m0/s1. The van der Waals surface area contributed by atoms with Gasteiger partial charge in [-0.1, -0.05) is 23.7 Å². The average Bonchev–Trinajstić information content (AvgIpc) is 2.92. The summed E-state index contributed by atoms with van der Waals surface area (Å²) in [6.45, 7) is 11.7. The van der Waals surface area contributed by atoms with Crippen LogP contribution in [0.2, 0.25) is 5.02 Å². The molecule has 5 nitrogen and oxygen atoms in total. The molecule has 3 aromatic rings. The number of H-pyrrole nitrogens is 1. The summed E-state index contributed by atoms with van der Waals surface area (Å²) in [7, 11) is 1.37. The number of aromatic nitrogens is 2. The largest absolute Gasteiger partial charge is 0.467 e. The van der Waals surface area contributed by atoms with Crippen molar-refractivity contribution in [3.8, 4) is 11.1 Å². The number of methoxy groups -OCH3 is 1. The molecule has 0 saturated heterocycles. The van der Waals surface area contributed by atoms with Crippen LogP contribution in [0.5, 0.6) is 0 Å². The Kier molecular flexibility index (Phi) is 5.74. The van der Waals surface area contributed by atoms with E-state index in [4.69, 9.17) is 26.1 Å². The fourth-order valence-electron chi connectivity index (χ4n) is 3.55. The first-order valence-corrected chi connectivity index (χ1v) is 9.92. The van der Waals surface area contributed by atoms with Crippen molar-refractivity contribution in [3.05, 3.63) is 51.8 Å². The summed E-state index contributed by atoms with van der Waals surface area (Å²) in [5.41, 5.74) is 5.61. The number of aromatic amines is 1. The van der Waals surface area contributed by atoms with E-state index in [0.29, 0.717) is 16.3 Å². The topological polar surface area (TPSA) is 64.2 Å². The molecule has 2 heterocycles. The number of carbonyl (C=O) groups is 1. The quantitative estimate of drug-likeness (QED) is 0.545. The smallest absolute Gasteiger partial charge is 0.339 e. The zero-order valence-corrected chi connectivity index (χ0v) is 18.7. The molecule has 6 heteroatoms. The van der Waals surface area contributed by atoms with Gasteiger partial charge in [0, 0.05) is 32.9 Å². The number of aryl methyl sites for hydroxylation is 3. The van der Waals surface area contributed by atoms with Gasteiger partial charge in [0.1, 0.15) is 5.65 Å². The number of pyridine rings is 1. The second-order valence-corrected chi connectivity index (χ2v) is 8.66. The van der Waals surface area contributed by atoms with Crippen LogP contribution in [0.25, 0.3) is 22.2 Å². The average molecular weight is 415 g/mol. The molecule has 0 aliphatic heterocycles. The molecule has 0 aliphatic carbocycles. The van der Waals surface area contributed by atoms with Crippen molar-refractivity contribution in [2.24, 2.45) is 0 Å². The number of hydrogen-bond acceptors (Lipinski definition) is 4. The molecule has 3 rings (SSSR count). The second-order valence-electron chi connectivity index (χ2n) is 8.22. The Morgan fingerprint density at radius 1 is 1.14 bits per heavy atom. The van der Waals surface area contributed by atoms with E-state index in [-0.39, 0.29) is 0 Å². The molecule has 0 bridgehead atoms. The van der Waals surface area contributed by atoms with Crippen LogP contribution in [0.4, 0.5) is 0 Å². The van der Waals surface area contributed by atoms with Gasteiger partial charge >= 0.3 is 5.97 Å². The van der Waals surface area contributed by atoms with Crippen molar-refractivity contribution >= 4 is 28.6 Å². The Bertz CT molecular complexity index is 1060. The van der Waals surface area contributed by atoms with Crippen LogP contribution in [-0.4, -0.2) is 28.6 Å². The first-order valence-electron chi connectivity index (χ1n) is 9.54. The monoisotopic (exact) mass is 414 g/mol. The number of halogens is 1. The van der Waals surface area contributed by atoms with Crippen LogP contribution in [0.3, 0.4) is 0 Å². The molecular weight excluding hydrogens is 388 g/mol. The molecule has 0 aliphatic rings. The highest BCUT2D eigenvalue weighted by Gasteiger charge is 2.33. The summed E-state index contributed by atoms with van der Waals surface area (Å²) >= 11 is 6.13. The summed E-state index contributed by atoms with van der Waals surface area (Å²) in [6, 6.07) is 7.59. The van der Waals surface area contributed by atoms with Crippen LogP contribution in [0.1, 0.15) is 49.4 Å². The molecule has 1 N–H and O–H groups in total. The lowest BCUT2D eigenvalue weighted by atomic mass is 9.91. The fourth-order valence-corrected chi connectivity index (χ4v) is 3.68. The number of carbonyl (C=O) groups excluding carboxylic acids is 1. The molecule has 1 atom stereocenters. The maximum Gasteiger partial charge on any atom is 0.339 e. The molecule has 2 aromatic heterocycles. The van der Waals surface area contributed by atoms with Gasteiger partial charge in [0.2, 0.25) is 0 Å². The van der Waals surface area contributed by atoms with E-state index >= 15 is 0 Å². The van der Waals surface area contributed by atoms with Gasteiger partial charge in [0.25, 0.3) is 0 Å². The summed E-state index contributed by atoms with van der Waals surface area (Å²) in [5, 5.41) is 1.62. The lowest BCUT2D eigenvalue weighted by Crippen LogP contribution is -2.29. The molecule has 29 heavy (non-hydrogen) atoms. The molecule has 1 aromatic carbocycles. The van der Waals surface area contributed by atoms with E-state index in [1.165, 1.54) is 7.11 Å². The predicted molar refractivity (Wildman–Crippen MR) is 116 cm³/mol. The number of hydrogen-bond donors (Lipinski definition) is 1. The third kappa shape index (κ3) is 4.16. The van der Waals surface area contributed by atoms with E-state index in [1.807, 2.05) is 65.8 Å². The number of benzene rings is 1. The summed E-state index contributed by atoms with van der Waals surface area (Å²) in [6.07, 6.45) is -0.905. The minimum Gasteiger partial charge on any atom is -0.467 e. The molecular formula is C23H27ClN2O3. The van der Waals surface area contributed by atoms with Gasteiger partial charge in [0.05, 0.1) is 12.7 Å².